The van der Waals surface area contributed by atoms with Gasteiger partial charge in [-0.1, -0.05) is 38.5 Å². The van der Waals surface area contributed by atoms with E-state index in [0.717, 1.165) is 6.42 Å². The van der Waals surface area contributed by atoms with Crippen molar-refractivity contribution in [3.63, 3.8) is 0 Å². The van der Waals surface area contributed by atoms with Gasteiger partial charge in [-0.05, 0) is 49.2 Å². The van der Waals surface area contributed by atoms with Crippen LogP contribution in [0.3, 0.4) is 0 Å². The lowest BCUT2D eigenvalue weighted by Gasteiger charge is -2.24. The number of H-pyrrole nitrogens is 1. The molecule has 0 aliphatic rings. The monoisotopic (exact) mass is 436 g/mol. The minimum atomic E-state index is -0.673. The van der Waals surface area contributed by atoms with Gasteiger partial charge in [-0.2, -0.15) is 0 Å². The number of anilines is 2. The van der Waals surface area contributed by atoms with Crippen molar-refractivity contribution >= 4 is 17.4 Å². The number of nitrogen functional groups attached to an aromatic ring is 1. The van der Waals surface area contributed by atoms with Crippen molar-refractivity contribution in [1.82, 2.24) is 9.55 Å². The maximum Gasteiger partial charge on any atom is 0.330 e. The van der Waals surface area contributed by atoms with E-state index in [4.69, 9.17) is 10.5 Å². The summed E-state index contributed by atoms with van der Waals surface area (Å²) >= 11 is 0. The Kier molecular flexibility index (Phi) is 7.49. The number of nitrogens with zero attached hydrogens (tertiary/aromatic N) is 2. The molecule has 32 heavy (non-hydrogen) atoms. The van der Waals surface area contributed by atoms with Gasteiger partial charge in [0.15, 0.2) is 5.69 Å². The number of unbranched alkanes of at least 4 members (excludes halogenated alkanes) is 1. The zero-order valence-electron chi connectivity index (χ0n) is 18.3. The molecule has 3 rings (SSSR count). The summed E-state index contributed by atoms with van der Waals surface area (Å²) in [6, 6.07) is 16.0. The lowest BCUT2D eigenvalue weighted by Crippen LogP contribution is -2.41. The van der Waals surface area contributed by atoms with Crippen LogP contribution in [-0.4, -0.2) is 22.0 Å². The number of para-hydroxylation sites is 1. The van der Waals surface area contributed by atoms with Gasteiger partial charge in [-0.3, -0.25) is 19.1 Å². The van der Waals surface area contributed by atoms with E-state index in [1.54, 1.807) is 24.3 Å². The van der Waals surface area contributed by atoms with Crippen LogP contribution in [0.4, 0.5) is 11.5 Å². The van der Waals surface area contributed by atoms with Gasteiger partial charge in [0.25, 0.3) is 11.5 Å². The largest absolute Gasteiger partial charge is 0.457 e. The van der Waals surface area contributed by atoms with Crippen LogP contribution < -0.4 is 26.6 Å². The van der Waals surface area contributed by atoms with E-state index < -0.39 is 11.2 Å². The van der Waals surface area contributed by atoms with E-state index >= 15 is 0 Å². The number of amides is 1. The minimum absolute atomic E-state index is 0.00103. The molecule has 0 saturated heterocycles. The SMILES string of the molecule is CCCCN(C(=O)c1ccc(Oc2ccccc2)cc1)c1c(N)n(CCC)c(=O)[nH]c1=O. The van der Waals surface area contributed by atoms with Crippen LogP contribution in [0.25, 0.3) is 0 Å². The molecule has 2 aromatic carbocycles. The summed E-state index contributed by atoms with van der Waals surface area (Å²) in [4.78, 5) is 41.8. The molecule has 168 valence electrons. The van der Waals surface area contributed by atoms with E-state index in [-0.39, 0.29) is 17.4 Å². The number of aromatic nitrogens is 2. The molecule has 1 aromatic heterocycles. The van der Waals surface area contributed by atoms with Gasteiger partial charge in [0.2, 0.25) is 0 Å². The van der Waals surface area contributed by atoms with Crippen molar-refractivity contribution in [1.29, 1.82) is 0 Å². The van der Waals surface area contributed by atoms with E-state index in [0.29, 0.717) is 43.0 Å². The molecular formula is C24H28N4O4. The number of hydrogen-bond donors (Lipinski definition) is 2. The Hall–Kier alpha value is -3.81. The molecule has 0 aliphatic heterocycles. The molecule has 0 spiro atoms. The molecule has 0 radical (unpaired) electrons. The molecule has 3 aromatic rings. The number of ether oxygens (including phenoxy) is 1. The van der Waals surface area contributed by atoms with Crippen LogP contribution in [0.1, 0.15) is 43.5 Å². The second-order valence-corrected chi connectivity index (χ2v) is 7.39. The topological polar surface area (TPSA) is 110 Å². The van der Waals surface area contributed by atoms with Crippen LogP contribution in [0.2, 0.25) is 0 Å². The molecule has 0 bridgehead atoms. The smallest absolute Gasteiger partial charge is 0.330 e. The molecular weight excluding hydrogens is 408 g/mol. The molecule has 3 N–H and O–H groups in total. The summed E-state index contributed by atoms with van der Waals surface area (Å²) in [5.74, 6) is 0.896. The normalized spacial score (nSPS) is 10.7. The average molecular weight is 437 g/mol. The zero-order valence-corrected chi connectivity index (χ0v) is 18.3. The highest BCUT2D eigenvalue weighted by Gasteiger charge is 2.25. The van der Waals surface area contributed by atoms with Crippen molar-refractivity contribution in [2.24, 2.45) is 0 Å². The number of hydrogen-bond acceptors (Lipinski definition) is 5. The first kappa shape index (κ1) is 22.9. The third kappa shape index (κ3) is 5.08. The molecule has 0 aliphatic carbocycles. The third-order valence-corrected chi connectivity index (χ3v) is 4.99. The van der Waals surface area contributed by atoms with Gasteiger partial charge in [0, 0.05) is 18.7 Å². The summed E-state index contributed by atoms with van der Waals surface area (Å²) in [7, 11) is 0. The second kappa shape index (κ2) is 10.5. The second-order valence-electron chi connectivity index (χ2n) is 7.39. The van der Waals surface area contributed by atoms with Crippen molar-refractivity contribution in [3.05, 3.63) is 81.0 Å². The highest BCUT2D eigenvalue weighted by molar-refractivity contribution is 6.07. The third-order valence-electron chi connectivity index (χ3n) is 4.99. The Morgan fingerprint density at radius 1 is 1.00 bits per heavy atom. The van der Waals surface area contributed by atoms with Gasteiger partial charge in [-0.15, -0.1) is 0 Å². The van der Waals surface area contributed by atoms with Crippen LogP contribution in [0.15, 0.2) is 64.2 Å². The zero-order chi connectivity index (χ0) is 23.1. The molecule has 0 fully saturated rings. The highest BCUT2D eigenvalue weighted by Crippen LogP contribution is 2.24. The Morgan fingerprint density at radius 3 is 2.28 bits per heavy atom. The number of nitrogens with one attached hydrogen (secondary N) is 1. The summed E-state index contributed by atoms with van der Waals surface area (Å²) in [5, 5.41) is 0. The van der Waals surface area contributed by atoms with Crippen LogP contribution in [0, 0.1) is 0 Å². The maximum atomic E-state index is 13.4. The fourth-order valence-electron chi connectivity index (χ4n) is 3.36. The number of benzene rings is 2. The molecule has 0 atom stereocenters. The number of aromatic amines is 1. The Bertz CT molecular complexity index is 1170. The van der Waals surface area contributed by atoms with Crippen LogP contribution in [0.5, 0.6) is 11.5 Å². The van der Waals surface area contributed by atoms with E-state index in [1.807, 2.05) is 44.2 Å². The van der Waals surface area contributed by atoms with Crippen molar-refractivity contribution in [2.45, 2.75) is 39.7 Å². The first-order valence-electron chi connectivity index (χ1n) is 10.7. The lowest BCUT2D eigenvalue weighted by atomic mass is 10.1. The van der Waals surface area contributed by atoms with Gasteiger partial charge in [0.1, 0.15) is 17.3 Å². The summed E-state index contributed by atoms with van der Waals surface area (Å²) < 4.78 is 7.07. The molecule has 0 saturated carbocycles. The van der Waals surface area contributed by atoms with E-state index in [2.05, 4.69) is 4.98 Å². The van der Waals surface area contributed by atoms with Gasteiger partial charge >= 0.3 is 5.69 Å². The van der Waals surface area contributed by atoms with Crippen molar-refractivity contribution in [3.8, 4) is 11.5 Å². The quantitative estimate of drug-likeness (QED) is 0.531. The molecule has 1 amide bonds. The van der Waals surface area contributed by atoms with Crippen LogP contribution in [-0.2, 0) is 6.54 Å². The Balaban J connectivity index is 1.94. The van der Waals surface area contributed by atoms with E-state index in [9.17, 15) is 14.4 Å². The maximum absolute atomic E-state index is 13.4. The lowest BCUT2D eigenvalue weighted by molar-refractivity contribution is 0.0986. The number of carbonyl (C=O) groups is 1. The predicted molar refractivity (Wildman–Crippen MR) is 126 cm³/mol. The van der Waals surface area contributed by atoms with Crippen molar-refractivity contribution < 1.29 is 9.53 Å². The summed E-state index contributed by atoms with van der Waals surface area (Å²) in [6.07, 6.45) is 2.15. The van der Waals surface area contributed by atoms with Gasteiger partial charge in [-0.25, -0.2) is 4.79 Å². The molecule has 8 heteroatoms. The Labute approximate surface area is 186 Å². The van der Waals surface area contributed by atoms with Gasteiger partial charge in [0.05, 0.1) is 0 Å². The standard InChI is InChI=1S/C24H28N4O4/c1-3-5-16-27(20-21(25)28(15-4-2)24(31)26-22(20)29)23(30)17-11-13-19(14-12-17)32-18-9-7-6-8-10-18/h6-14H,3-5,15-16,25H2,1-2H3,(H,26,29,31). The predicted octanol–water partition coefficient (Wildman–Crippen LogP) is 3.77. The average Bonchev–Trinajstić information content (AvgIpc) is 2.79. The van der Waals surface area contributed by atoms with Gasteiger partial charge < -0.3 is 15.4 Å². The van der Waals surface area contributed by atoms with Crippen molar-refractivity contribution in [2.75, 3.05) is 17.2 Å². The number of nitrogens with two attached hydrogens (primary N) is 1. The highest BCUT2D eigenvalue weighted by atomic mass is 16.5. The summed E-state index contributed by atoms with van der Waals surface area (Å²) in [6.45, 7) is 4.53. The number of carbonyl (C=O) groups excluding carboxylic acids is 1. The minimum Gasteiger partial charge on any atom is -0.457 e. The molecule has 0 unspecified atom stereocenters. The number of rotatable bonds is 9. The first-order valence-corrected chi connectivity index (χ1v) is 10.7. The first-order chi connectivity index (χ1) is 15.5. The van der Waals surface area contributed by atoms with E-state index in [1.165, 1.54) is 9.47 Å². The molecule has 1 heterocycles. The molecule has 8 nitrogen and oxygen atoms in total. The van der Waals surface area contributed by atoms with Crippen LogP contribution >= 0.6 is 0 Å². The Morgan fingerprint density at radius 2 is 1.66 bits per heavy atom. The summed E-state index contributed by atoms with van der Waals surface area (Å²) in [5.41, 5.74) is 5.33. The fourth-order valence-corrected chi connectivity index (χ4v) is 3.36. The fraction of sp³-hybridized carbons (Fsp3) is 0.292.